The van der Waals surface area contributed by atoms with E-state index in [-0.39, 0.29) is 23.0 Å². The number of carbonyl (C=O) groups excluding carboxylic acids is 1. The van der Waals surface area contributed by atoms with Crippen LogP contribution >= 0.6 is 0 Å². The summed E-state index contributed by atoms with van der Waals surface area (Å²) in [6.07, 6.45) is 2.46. The summed E-state index contributed by atoms with van der Waals surface area (Å²) < 4.78 is 5.51. The zero-order valence-corrected chi connectivity index (χ0v) is 21.8. The Labute approximate surface area is 217 Å². The highest BCUT2D eigenvalue weighted by Crippen LogP contribution is 2.28. The average molecular weight is 503 g/mol. The van der Waals surface area contributed by atoms with Crippen molar-refractivity contribution < 1.29 is 29.3 Å². The normalized spacial score (nSPS) is 11.7. The summed E-state index contributed by atoms with van der Waals surface area (Å²) in [6.45, 7) is 8.74. The predicted molar refractivity (Wildman–Crippen MR) is 142 cm³/mol. The van der Waals surface area contributed by atoms with E-state index < -0.39 is 17.9 Å². The van der Waals surface area contributed by atoms with Crippen LogP contribution in [-0.4, -0.2) is 34.7 Å². The standard InChI is InChI=1S/C31H34O6/c1-30(2,18-23-9-11-24(12-10-23)27(32)33)17-21-5-7-22(8-6-21)19-31(3,4)20-37-29(36)26-15-13-25(14-16-26)28(34)35/h5-16H,17-20H2,1-4H3,(H,32,33)(H,34,35). The van der Waals surface area contributed by atoms with Crippen LogP contribution in [0.1, 0.15) is 75.5 Å². The van der Waals surface area contributed by atoms with E-state index in [9.17, 15) is 14.4 Å². The lowest BCUT2D eigenvalue weighted by atomic mass is 9.79. The Kier molecular flexibility index (Phi) is 8.53. The minimum absolute atomic E-state index is 0.00238. The molecule has 2 N–H and O–H groups in total. The molecule has 3 aromatic rings. The second-order valence-corrected chi connectivity index (χ2v) is 11.1. The number of rotatable bonds is 11. The molecule has 0 aliphatic carbocycles. The highest BCUT2D eigenvalue weighted by atomic mass is 16.5. The molecule has 0 fully saturated rings. The zero-order valence-electron chi connectivity index (χ0n) is 21.8. The molecule has 0 aliphatic rings. The summed E-state index contributed by atoms with van der Waals surface area (Å²) in [6, 6.07) is 21.3. The van der Waals surface area contributed by atoms with Crippen LogP contribution in [0.2, 0.25) is 0 Å². The lowest BCUT2D eigenvalue weighted by Gasteiger charge is -2.26. The fourth-order valence-electron chi connectivity index (χ4n) is 4.40. The first kappa shape index (κ1) is 27.7. The lowest BCUT2D eigenvalue weighted by Crippen LogP contribution is -2.24. The van der Waals surface area contributed by atoms with Gasteiger partial charge in [-0.05, 0) is 77.8 Å². The van der Waals surface area contributed by atoms with Crippen molar-refractivity contribution in [3.05, 3.63) is 106 Å². The van der Waals surface area contributed by atoms with E-state index in [0.29, 0.717) is 11.1 Å². The van der Waals surface area contributed by atoms with E-state index in [4.69, 9.17) is 14.9 Å². The van der Waals surface area contributed by atoms with Crippen LogP contribution in [0.15, 0.2) is 72.8 Å². The number of aromatic carboxylic acids is 2. The molecule has 37 heavy (non-hydrogen) atoms. The number of hydrogen-bond acceptors (Lipinski definition) is 4. The van der Waals surface area contributed by atoms with Gasteiger partial charge in [-0.2, -0.15) is 0 Å². The maximum atomic E-state index is 12.4. The van der Waals surface area contributed by atoms with Gasteiger partial charge in [0.15, 0.2) is 0 Å². The van der Waals surface area contributed by atoms with Crippen LogP contribution in [0.25, 0.3) is 0 Å². The highest BCUT2D eigenvalue weighted by molar-refractivity contribution is 5.92. The van der Waals surface area contributed by atoms with Crippen LogP contribution in [0.3, 0.4) is 0 Å². The van der Waals surface area contributed by atoms with Gasteiger partial charge in [0.2, 0.25) is 0 Å². The third-order valence-electron chi connectivity index (χ3n) is 6.23. The summed E-state index contributed by atoms with van der Waals surface area (Å²) in [5.74, 6) is -2.43. The van der Waals surface area contributed by atoms with Gasteiger partial charge >= 0.3 is 17.9 Å². The Morgan fingerprint density at radius 3 is 1.30 bits per heavy atom. The molecule has 0 amide bonds. The number of carboxylic acids is 2. The predicted octanol–water partition coefficient (Wildman–Crippen LogP) is 6.32. The summed E-state index contributed by atoms with van der Waals surface area (Å²) in [7, 11) is 0. The van der Waals surface area contributed by atoms with E-state index in [1.54, 1.807) is 12.1 Å². The number of ether oxygens (including phenoxy) is 1. The average Bonchev–Trinajstić information content (AvgIpc) is 2.83. The molecule has 0 saturated heterocycles. The summed E-state index contributed by atoms with van der Waals surface area (Å²) >= 11 is 0. The lowest BCUT2D eigenvalue weighted by molar-refractivity contribution is 0.0341. The zero-order chi connectivity index (χ0) is 27.2. The molecule has 0 radical (unpaired) electrons. The van der Waals surface area contributed by atoms with Gasteiger partial charge in [0, 0.05) is 5.41 Å². The molecule has 3 rings (SSSR count). The molecule has 0 atom stereocenters. The molecule has 0 spiro atoms. The second kappa shape index (κ2) is 11.4. The summed E-state index contributed by atoms with van der Waals surface area (Å²) in [5, 5.41) is 18.1. The SMILES string of the molecule is CC(C)(COC(=O)c1ccc(C(=O)O)cc1)Cc1ccc(CC(C)(C)Cc2ccc(C(=O)O)cc2)cc1. The minimum atomic E-state index is -1.04. The monoisotopic (exact) mass is 502 g/mol. The molecule has 0 aliphatic heterocycles. The van der Waals surface area contributed by atoms with Gasteiger partial charge < -0.3 is 14.9 Å². The Hall–Kier alpha value is -3.93. The first-order chi connectivity index (χ1) is 17.3. The van der Waals surface area contributed by atoms with E-state index in [1.807, 2.05) is 26.0 Å². The van der Waals surface area contributed by atoms with Crippen molar-refractivity contribution in [3.8, 4) is 0 Å². The van der Waals surface area contributed by atoms with Gasteiger partial charge in [-0.1, -0.05) is 64.1 Å². The van der Waals surface area contributed by atoms with Gasteiger partial charge in [0.05, 0.1) is 23.3 Å². The van der Waals surface area contributed by atoms with Crippen molar-refractivity contribution in [1.29, 1.82) is 0 Å². The Morgan fingerprint density at radius 1 is 0.568 bits per heavy atom. The highest BCUT2D eigenvalue weighted by Gasteiger charge is 2.23. The third-order valence-corrected chi connectivity index (χ3v) is 6.23. The van der Waals surface area contributed by atoms with Crippen LogP contribution in [-0.2, 0) is 24.0 Å². The number of carboxylic acid groups (broad SMARTS) is 2. The minimum Gasteiger partial charge on any atom is -0.478 e. The van der Waals surface area contributed by atoms with E-state index in [2.05, 4.69) is 38.1 Å². The van der Waals surface area contributed by atoms with Crippen molar-refractivity contribution in [3.63, 3.8) is 0 Å². The Balaban J connectivity index is 1.53. The molecule has 3 aromatic carbocycles. The molecule has 6 nitrogen and oxygen atoms in total. The summed E-state index contributed by atoms with van der Waals surface area (Å²) in [4.78, 5) is 34.4. The largest absolute Gasteiger partial charge is 0.478 e. The van der Waals surface area contributed by atoms with Crippen LogP contribution in [0, 0.1) is 10.8 Å². The van der Waals surface area contributed by atoms with Gasteiger partial charge in [0.1, 0.15) is 0 Å². The van der Waals surface area contributed by atoms with Crippen molar-refractivity contribution in [2.75, 3.05) is 6.61 Å². The van der Waals surface area contributed by atoms with Crippen LogP contribution in [0.5, 0.6) is 0 Å². The Morgan fingerprint density at radius 2 is 0.892 bits per heavy atom. The van der Waals surface area contributed by atoms with Gasteiger partial charge in [0.25, 0.3) is 0 Å². The van der Waals surface area contributed by atoms with E-state index >= 15 is 0 Å². The molecule has 0 aromatic heterocycles. The fraction of sp³-hybridized carbons (Fsp3) is 0.323. The topological polar surface area (TPSA) is 101 Å². The Bertz CT molecular complexity index is 1240. The van der Waals surface area contributed by atoms with E-state index in [1.165, 1.54) is 29.8 Å². The van der Waals surface area contributed by atoms with Crippen molar-refractivity contribution in [2.45, 2.75) is 47.0 Å². The van der Waals surface area contributed by atoms with Gasteiger partial charge in [-0.3, -0.25) is 0 Å². The second-order valence-electron chi connectivity index (χ2n) is 11.1. The van der Waals surface area contributed by atoms with Gasteiger partial charge in [-0.15, -0.1) is 0 Å². The number of hydrogen-bond donors (Lipinski definition) is 2. The van der Waals surface area contributed by atoms with Crippen molar-refractivity contribution in [2.24, 2.45) is 10.8 Å². The molecule has 6 heteroatoms. The molecule has 194 valence electrons. The first-order valence-corrected chi connectivity index (χ1v) is 12.2. The fourth-order valence-corrected chi connectivity index (χ4v) is 4.40. The number of carbonyl (C=O) groups is 3. The van der Waals surface area contributed by atoms with E-state index in [0.717, 1.165) is 30.4 Å². The smallest absolute Gasteiger partial charge is 0.338 e. The molecular formula is C31H34O6. The van der Waals surface area contributed by atoms with Gasteiger partial charge in [-0.25, -0.2) is 14.4 Å². The molecule has 0 unspecified atom stereocenters. The van der Waals surface area contributed by atoms with Crippen LogP contribution < -0.4 is 0 Å². The molecular weight excluding hydrogens is 468 g/mol. The molecule has 0 saturated carbocycles. The van der Waals surface area contributed by atoms with Crippen molar-refractivity contribution >= 4 is 17.9 Å². The van der Waals surface area contributed by atoms with Crippen LogP contribution in [0.4, 0.5) is 0 Å². The maximum absolute atomic E-state index is 12.4. The number of benzene rings is 3. The maximum Gasteiger partial charge on any atom is 0.338 e. The molecule has 0 heterocycles. The summed E-state index contributed by atoms with van der Waals surface area (Å²) in [5.41, 5.74) is 3.96. The molecule has 0 bridgehead atoms. The quantitative estimate of drug-likeness (QED) is 0.298. The third kappa shape index (κ3) is 8.31. The van der Waals surface area contributed by atoms with Crippen molar-refractivity contribution in [1.82, 2.24) is 0 Å². The first-order valence-electron chi connectivity index (χ1n) is 12.2. The number of esters is 1.